The molecular weight excluding hydrogens is 220 g/mol. The lowest BCUT2D eigenvalue weighted by molar-refractivity contribution is 0.936. The minimum atomic E-state index is 0.480. The predicted molar refractivity (Wildman–Crippen MR) is 70.4 cm³/mol. The summed E-state index contributed by atoms with van der Waals surface area (Å²) < 4.78 is 0. The van der Waals surface area contributed by atoms with Gasteiger partial charge in [-0.1, -0.05) is 6.08 Å². The van der Waals surface area contributed by atoms with Crippen molar-refractivity contribution in [1.82, 2.24) is 15.7 Å². The van der Waals surface area contributed by atoms with Crippen LogP contribution in [-0.4, -0.2) is 22.4 Å². The second-order valence-corrected chi connectivity index (χ2v) is 3.45. The van der Waals surface area contributed by atoms with E-state index in [0.717, 1.165) is 11.3 Å². The third-order valence-corrected chi connectivity index (χ3v) is 2.07. The van der Waals surface area contributed by atoms with E-state index in [1.54, 1.807) is 18.5 Å². The van der Waals surface area contributed by atoms with Crippen molar-refractivity contribution in [2.75, 3.05) is 6.54 Å². The molecule has 0 saturated carbocycles. The summed E-state index contributed by atoms with van der Waals surface area (Å²) in [6, 6.07) is 3.78. The predicted octanol–water partition coefficient (Wildman–Crippen LogP) is 1.46. The van der Waals surface area contributed by atoms with E-state index >= 15 is 0 Å². The van der Waals surface area contributed by atoms with Crippen LogP contribution in [0, 0.1) is 0 Å². The second-order valence-electron chi connectivity index (χ2n) is 3.04. The molecule has 1 aromatic rings. The van der Waals surface area contributed by atoms with Crippen LogP contribution in [0.1, 0.15) is 12.5 Å². The first-order valence-corrected chi connectivity index (χ1v) is 5.24. The molecule has 4 nitrogen and oxygen atoms in total. The van der Waals surface area contributed by atoms with Crippen molar-refractivity contribution in [3.8, 4) is 0 Å². The minimum Gasteiger partial charge on any atom is -0.358 e. The van der Waals surface area contributed by atoms with Crippen LogP contribution in [0.25, 0.3) is 0 Å². The summed E-state index contributed by atoms with van der Waals surface area (Å²) >= 11 is 5.00. The first kappa shape index (κ1) is 12.3. The van der Waals surface area contributed by atoms with Gasteiger partial charge in [0.15, 0.2) is 5.11 Å². The van der Waals surface area contributed by atoms with Gasteiger partial charge >= 0.3 is 0 Å². The fourth-order valence-electron chi connectivity index (χ4n) is 0.997. The standard InChI is InChI=1S/C11H14N4S/c1-3-6-13-11(16)15-14-9(2)10-4-7-12-8-5-10/h3-5,7-8H,1,6H2,2H3,(H2,13,15,16)/b14-9+. The van der Waals surface area contributed by atoms with E-state index in [9.17, 15) is 0 Å². The Labute approximate surface area is 100 Å². The van der Waals surface area contributed by atoms with Crippen LogP contribution < -0.4 is 10.7 Å². The van der Waals surface area contributed by atoms with Crippen LogP contribution in [0.15, 0.2) is 42.3 Å². The molecule has 0 saturated heterocycles. The molecule has 1 aromatic heterocycles. The van der Waals surface area contributed by atoms with Crippen molar-refractivity contribution in [2.45, 2.75) is 6.92 Å². The molecule has 0 atom stereocenters. The molecule has 0 fully saturated rings. The molecule has 5 heteroatoms. The SMILES string of the molecule is C=CCNC(=S)N/N=C(\C)c1ccncc1. The monoisotopic (exact) mass is 234 g/mol. The summed E-state index contributed by atoms with van der Waals surface area (Å²) in [6.45, 7) is 6.10. The van der Waals surface area contributed by atoms with Crippen molar-refractivity contribution in [3.63, 3.8) is 0 Å². The zero-order valence-electron chi connectivity index (χ0n) is 9.10. The van der Waals surface area contributed by atoms with Gasteiger partial charge in [-0.25, -0.2) is 0 Å². The summed E-state index contributed by atoms with van der Waals surface area (Å²) in [6.07, 6.45) is 5.18. The van der Waals surface area contributed by atoms with Gasteiger partial charge in [-0.3, -0.25) is 10.4 Å². The van der Waals surface area contributed by atoms with Gasteiger partial charge in [0.05, 0.1) is 5.71 Å². The Morgan fingerprint density at radius 2 is 2.25 bits per heavy atom. The van der Waals surface area contributed by atoms with Gasteiger partial charge in [0.25, 0.3) is 0 Å². The maximum atomic E-state index is 5.00. The average molecular weight is 234 g/mol. The van der Waals surface area contributed by atoms with Crippen LogP contribution in [0.2, 0.25) is 0 Å². The summed E-state index contributed by atoms with van der Waals surface area (Å²) in [5, 5.41) is 7.55. The molecule has 0 aliphatic rings. The molecule has 2 N–H and O–H groups in total. The summed E-state index contributed by atoms with van der Waals surface area (Å²) in [5.74, 6) is 0. The fourth-order valence-corrected chi connectivity index (χ4v) is 1.13. The van der Waals surface area contributed by atoms with E-state index < -0.39 is 0 Å². The number of rotatable bonds is 4. The van der Waals surface area contributed by atoms with E-state index in [2.05, 4.69) is 27.4 Å². The van der Waals surface area contributed by atoms with Crippen molar-refractivity contribution < 1.29 is 0 Å². The molecule has 84 valence electrons. The van der Waals surface area contributed by atoms with Crippen molar-refractivity contribution in [1.29, 1.82) is 0 Å². The van der Waals surface area contributed by atoms with E-state index in [1.807, 2.05) is 19.1 Å². The highest BCUT2D eigenvalue weighted by atomic mass is 32.1. The Bertz CT molecular complexity index is 386. The highest BCUT2D eigenvalue weighted by Crippen LogP contribution is 1.97. The summed E-state index contributed by atoms with van der Waals surface area (Å²) in [4.78, 5) is 3.94. The number of thiocarbonyl (C=S) groups is 1. The fraction of sp³-hybridized carbons (Fsp3) is 0.182. The average Bonchev–Trinajstić information content (AvgIpc) is 2.34. The maximum absolute atomic E-state index is 5.00. The number of nitrogens with one attached hydrogen (secondary N) is 2. The van der Waals surface area contributed by atoms with E-state index in [4.69, 9.17) is 12.2 Å². The van der Waals surface area contributed by atoms with Crippen molar-refractivity contribution in [2.24, 2.45) is 5.10 Å². The Hall–Kier alpha value is -1.75. The van der Waals surface area contributed by atoms with Gasteiger partial charge in [0.1, 0.15) is 0 Å². The van der Waals surface area contributed by atoms with E-state index in [-0.39, 0.29) is 0 Å². The first-order chi connectivity index (χ1) is 7.74. The molecule has 0 aliphatic carbocycles. The van der Waals surface area contributed by atoms with Gasteiger partial charge < -0.3 is 5.32 Å². The highest BCUT2D eigenvalue weighted by molar-refractivity contribution is 7.80. The lowest BCUT2D eigenvalue weighted by atomic mass is 10.2. The normalized spacial score (nSPS) is 10.7. The summed E-state index contributed by atoms with van der Waals surface area (Å²) in [5.41, 5.74) is 4.62. The molecule has 0 amide bonds. The molecule has 0 radical (unpaired) electrons. The Balaban J connectivity index is 2.51. The van der Waals surface area contributed by atoms with Crippen molar-refractivity contribution >= 4 is 23.0 Å². The lowest BCUT2D eigenvalue weighted by Crippen LogP contribution is -2.32. The Kier molecular flexibility index (Phi) is 5.15. The number of pyridine rings is 1. The Morgan fingerprint density at radius 3 is 2.88 bits per heavy atom. The van der Waals surface area contributed by atoms with Crippen molar-refractivity contribution in [3.05, 3.63) is 42.7 Å². The van der Waals surface area contributed by atoms with Crippen LogP contribution in [0.4, 0.5) is 0 Å². The number of hydrazone groups is 1. The maximum Gasteiger partial charge on any atom is 0.187 e. The quantitative estimate of drug-likeness (QED) is 0.358. The van der Waals surface area contributed by atoms with Gasteiger partial charge in [0, 0.05) is 24.5 Å². The van der Waals surface area contributed by atoms with Crippen LogP contribution in [0.5, 0.6) is 0 Å². The van der Waals surface area contributed by atoms with Gasteiger partial charge in [-0.05, 0) is 31.3 Å². The molecule has 0 unspecified atom stereocenters. The minimum absolute atomic E-state index is 0.480. The number of hydrogen-bond acceptors (Lipinski definition) is 3. The lowest BCUT2D eigenvalue weighted by Gasteiger charge is -2.05. The largest absolute Gasteiger partial charge is 0.358 e. The highest BCUT2D eigenvalue weighted by Gasteiger charge is 1.96. The molecule has 1 heterocycles. The van der Waals surface area contributed by atoms with Crippen LogP contribution >= 0.6 is 12.2 Å². The zero-order valence-corrected chi connectivity index (χ0v) is 9.92. The molecular formula is C11H14N4S. The number of nitrogens with zero attached hydrogens (tertiary/aromatic N) is 2. The molecule has 0 spiro atoms. The van der Waals surface area contributed by atoms with Crippen LogP contribution in [0.3, 0.4) is 0 Å². The van der Waals surface area contributed by atoms with Gasteiger partial charge in [-0.15, -0.1) is 6.58 Å². The molecule has 0 aromatic carbocycles. The number of aromatic nitrogens is 1. The van der Waals surface area contributed by atoms with Gasteiger partial charge in [-0.2, -0.15) is 5.10 Å². The zero-order chi connectivity index (χ0) is 11.8. The molecule has 16 heavy (non-hydrogen) atoms. The first-order valence-electron chi connectivity index (χ1n) is 4.83. The third-order valence-electron chi connectivity index (χ3n) is 1.83. The van der Waals surface area contributed by atoms with Crippen LogP contribution in [-0.2, 0) is 0 Å². The summed E-state index contributed by atoms with van der Waals surface area (Å²) in [7, 11) is 0. The smallest absolute Gasteiger partial charge is 0.187 e. The number of hydrogen-bond donors (Lipinski definition) is 2. The molecule has 1 rings (SSSR count). The van der Waals surface area contributed by atoms with E-state index in [1.165, 1.54) is 0 Å². The third kappa shape index (κ3) is 4.18. The molecule has 0 aliphatic heterocycles. The molecule has 0 bridgehead atoms. The second kappa shape index (κ2) is 6.68. The Morgan fingerprint density at radius 1 is 1.56 bits per heavy atom. The topological polar surface area (TPSA) is 49.3 Å². The van der Waals surface area contributed by atoms with Gasteiger partial charge in [0.2, 0.25) is 0 Å². The van der Waals surface area contributed by atoms with E-state index in [0.29, 0.717) is 11.7 Å².